The molecule has 2 aromatic heterocycles. The van der Waals surface area contributed by atoms with Crippen molar-refractivity contribution in [3.8, 4) is 0 Å². The first-order valence-electron chi connectivity index (χ1n) is 5.15. The molecule has 1 aliphatic rings. The van der Waals surface area contributed by atoms with Gasteiger partial charge in [0.2, 0.25) is 5.89 Å². The van der Waals surface area contributed by atoms with E-state index in [4.69, 9.17) is 4.52 Å². The molecule has 1 aliphatic carbocycles. The summed E-state index contributed by atoms with van der Waals surface area (Å²) in [6.07, 6.45) is 6.27. The summed E-state index contributed by atoms with van der Waals surface area (Å²) < 4.78 is 6.82. The lowest BCUT2D eigenvalue weighted by molar-refractivity contribution is 0.111. The number of carbonyl (C=O) groups excluding carboxylic acids is 1. The highest BCUT2D eigenvalue weighted by Gasteiger charge is 2.29. The third-order valence-electron chi connectivity index (χ3n) is 2.58. The molecule has 2 aromatic rings. The van der Waals surface area contributed by atoms with Crippen LogP contribution >= 0.6 is 0 Å². The van der Waals surface area contributed by atoms with Gasteiger partial charge < -0.3 is 9.09 Å². The van der Waals surface area contributed by atoms with Gasteiger partial charge in [-0.1, -0.05) is 5.16 Å². The largest absolute Gasteiger partial charge is 0.339 e. The molecule has 0 radical (unpaired) electrons. The maximum Gasteiger partial charge on any atom is 0.229 e. The Balaban J connectivity index is 1.79. The maximum absolute atomic E-state index is 10.7. The molecule has 0 aromatic carbocycles. The van der Waals surface area contributed by atoms with Crippen molar-refractivity contribution in [3.63, 3.8) is 0 Å². The molecule has 0 spiro atoms. The zero-order chi connectivity index (χ0) is 11.0. The number of rotatable bonds is 4. The average Bonchev–Trinajstić information content (AvgIpc) is 2.88. The predicted molar refractivity (Wildman–Crippen MR) is 53.0 cm³/mol. The van der Waals surface area contributed by atoms with Crippen molar-refractivity contribution in [2.45, 2.75) is 25.3 Å². The number of imidazole rings is 1. The lowest BCUT2D eigenvalue weighted by Gasteiger charge is -1.97. The zero-order valence-electron chi connectivity index (χ0n) is 8.54. The Labute approximate surface area is 91.3 Å². The van der Waals surface area contributed by atoms with E-state index in [1.54, 1.807) is 17.0 Å². The number of aldehydes is 1. The number of nitrogens with zero attached hydrogens (tertiary/aromatic N) is 4. The van der Waals surface area contributed by atoms with Crippen LogP contribution in [-0.4, -0.2) is 26.0 Å². The van der Waals surface area contributed by atoms with Crippen LogP contribution in [0.4, 0.5) is 0 Å². The van der Waals surface area contributed by atoms with Gasteiger partial charge in [0, 0.05) is 18.3 Å². The Hall–Kier alpha value is -1.98. The molecule has 82 valence electrons. The van der Waals surface area contributed by atoms with Crippen LogP contribution in [0, 0.1) is 0 Å². The summed E-state index contributed by atoms with van der Waals surface area (Å²) in [6, 6.07) is 0. The Morgan fingerprint density at radius 2 is 2.44 bits per heavy atom. The van der Waals surface area contributed by atoms with Crippen molar-refractivity contribution in [1.29, 1.82) is 0 Å². The van der Waals surface area contributed by atoms with E-state index >= 15 is 0 Å². The van der Waals surface area contributed by atoms with Gasteiger partial charge in [-0.2, -0.15) is 4.98 Å². The summed E-state index contributed by atoms with van der Waals surface area (Å²) in [5.41, 5.74) is 0. The first-order valence-corrected chi connectivity index (χ1v) is 5.15. The summed E-state index contributed by atoms with van der Waals surface area (Å²) >= 11 is 0. The van der Waals surface area contributed by atoms with E-state index in [1.165, 1.54) is 0 Å². The fourth-order valence-corrected chi connectivity index (χ4v) is 1.55. The SMILES string of the molecule is O=Cc1nccn1Cc1noc(C2CC2)n1. The molecule has 0 amide bonds. The fourth-order valence-electron chi connectivity index (χ4n) is 1.55. The van der Waals surface area contributed by atoms with Gasteiger partial charge in [0.15, 0.2) is 17.9 Å². The number of aromatic nitrogens is 4. The van der Waals surface area contributed by atoms with Gasteiger partial charge in [0.25, 0.3) is 0 Å². The van der Waals surface area contributed by atoms with Gasteiger partial charge in [-0.3, -0.25) is 4.79 Å². The quantitative estimate of drug-likeness (QED) is 0.716. The molecule has 1 fully saturated rings. The minimum atomic E-state index is 0.373. The van der Waals surface area contributed by atoms with Crippen LogP contribution in [0.5, 0.6) is 0 Å². The molecule has 6 nitrogen and oxygen atoms in total. The molecule has 1 saturated carbocycles. The molecule has 2 heterocycles. The maximum atomic E-state index is 10.7. The van der Waals surface area contributed by atoms with Crippen LogP contribution in [-0.2, 0) is 6.54 Å². The zero-order valence-corrected chi connectivity index (χ0v) is 8.54. The van der Waals surface area contributed by atoms with Gasteiger partial charge >= 0.3 is 0 Å². The summed E-state index contributed by atoms with van der Waals surface area (Å²) in [5.74, 6) is 2.12. The Morgan fingerprint density at radius 3 is 3.19 bits per heavy atom. The van der Waals surface area contributed by atoms with Gasteiger partial charge in [-0.25, -0.2) is 4.98 Å². The highest BCUT2D eigenvalue weighted by molar-refractivity contribution is 5.69. The van der Waals surface area contributed by atoms with Crippen molar-refractivity contribution in [1.82, 2.24) is 19.7 Å². The molecular weight excluding hydrogens is 208 g/mol. The van der Waals surface area contributed by atoms with Gasteiger partial charge in [-0.15, -0.1) is 0 Å². The van der Waals surface area contributed by atoms with Crippen LogP contribution in [0.1, 0.15) is 41.1 Å². The smallest absolute Gasteiger partial charge is 0.229 e. The van der Waals surface area contributed by atoms with E-state index in [0.717, 1.165) is 12.8 Å². The standard InChI is InChI=1S/C10H10N4O2/c15-6-9-11-3-4-14(9)5-8-12-10(16-13-8)7-1-2-7/h3-4,6-7H,1-2,5H2. The van der Waals surface area contributed by atoms with Crippen molar-refractivity contribution in [3.05, 3.63) is 29.9 Å². The minimum absolute atomic E-state index is 0.373. The molecule has 16 heavy (non-hydrogen) atoms. The Kier molecular flexibility index (Phi) is 2.05. The van der Waals surface area contributed by atoms with Gasteiger partial charge in [0.05, 0.1) is 6.54 Å². The van der Waals surface area contributed by atoms with Crippen LogP contribution < -0.4 is 0 Å². The Morgan fingerprint density at radius 1 is 1.56 bits per heavy atom. The minimum Gasteiger partial charge on any atom is -0.339 e. The van der Waals surface area contributed by atoms with Crippen molar-refractivity contribution in [2.75, 3.05) is 0 Å². The molecule has 3 rings (SSSR count). The molecule has 0 atom stereocenters. The van der Waals surface area contributed by atoms with Gasteiger partial charge in [-0.05, 0) is 12.8 Å². The highest BCUT2D eigenvalue weighted by atomic mass is 16.5. The van der Waals surface area contributed by atoms with E-state index in [0.29, 0.717) is 36.3 Å². The molecule has 0 N–H and O–H groups in total. The van der Waals surface area contributed by atoms with Crippen molar-refractivity contribution < 1.29 is 9.32 Å². The van der Waals surface area contributed by atoms with Crippen LogP contribution in [0.2, 0.25) is 0 Å². The lowest BCUT2D eigenvalue weighted by Crippen LogP contribution is -2.04. The van der Waals surface area contributed by atoms with E-state index in [9.17, 15) is 4.79 Å². The molecule has 0 saturated heterocycles. The molecule has 0 unspecified atom stereocenters. The second kappa shape index (κ2) is 3.55. The monoisotopic (exact) mass is 218 g/mol. The van der Waals surface area contributed by atoms with Crippen molar-refractivity contribution >= 4 is 6.29 Å². The van der Waals surface area contributed by atoms with E-state index in [1.807, 2.05) is 0 Å². The number of hydrogen-bond acceptors (Lipinski definition) is 5. The van der Waals surface area contributed by atoms with Crippen LogP contribution in [0.25, 0.3) is 0 Å². The van der Waals surface area contributed by atoms with E-state index < -0.39 is 0 Å². The number of carbonyl (C=O) groups is 1. The average molecular weight is 218 g/mol. The van der Waals surface area contributed by atoms with Gasteiger partial charge in [0.1, 0.15) is 0 Å². The second-order valence-electron chi connectivity index (χ2n) is 3.85. The van der Waals surface area contributed by atoms with Crippen molar-refractivity contribution in [2.24, 2.45) is 0 Å². The molecule has 0 bridgehead atoms. The fraction of sp³-hybridized carbons (Fsp3) is 0.400. The Bertz CT molecular complexity index is 512. The van der Waals surface area contributed by atoms with Crippen LogP contribution in [0.3, 0.4) is 0 Å². The predicted octanol–water partition coefficient (Wildman–Crippen LogP) is 1.00. The third-order valence-corrected chi connectivity index (χ3v) is 2.58. The van der Waals surface area contributed by atoms with E-state index in [-0.39, 0.29) is 0 Å². The first-order chi connectivity index (χ1) is 7.86. The summed E-state index contributed by atoms with van der Waals surface area (Å²) in [4.78, 5) is 18.8. The molecule has 6 heteroatoms. The number of hydrogen-bond donors (Lipinski definition) is 0. The topological polar surface area (TPSA) is 73.8 Å². The van der Waals surface area contributed by atoms with Crippen LogP contribution in [0.15, 0.2) is 16.9 Å². The van der Waals surface area contributed by atoms with E-state index in [2.05, 4.69) is 15.1 Å². The normalized spacial score (nSPS) is 15.2. The lowest BCUT2D eigenvalue weighted by atomic mass is 10.4. The third kappa shape index (κ3) is 1.62. The molecular formula is C10H10N4O2. The molecule has 0 aliphatic heterocycles. The summed E-state index contributed by atoms with van der Waals surface area (Å²) in [6.45, 7) is 0.421. The summed E-state index contributed by atoms with van der Waals surface area (Å²) in [5, 5.41) is 3.88. The second-order valence-corrected chi connectivity index (χ2v) is 3.85. The summed E-state index contributed by atoms with van der Waals surface area (Å²) in [7, 11) is 0. The highest BCUT2D eigenvalue weighted by Crippen LogP contribution is 2.38. The first kappa shape index (κ1) is 9.26.